The van der Waals surface area contributed by atoms with Crippen molar-refractivity contribution in [2.24, 2.45) is 0 Å². The number of para-hydroxylation sites is 8. The van der Waals surface area contributed by atoms with Gasteiger partial charge in [0.25, 0.3) is 0 Å². The van der Waals surface area contributed by atoms with Crippen molar-refractivity contribution in [3.05, 3.63) is 309 Å². The summed E-state index contributed by atoms with van der Waals surface area (Å²) in [5, 5.41) is 25.3. The molecule has 0 aliphatic carbocycles. The fourth-order valence-corrected chi connectivity index (χ4v) is 15.6. The normalized spacial score (nSPS) is 12.1. The number of nitriles is 1. The minimum Gasteiger partial charge on any atom is -0.309 e. The molecular formula is C84H50N8. The molecule has 92 heavy (non-hydrogen) atoms. The number of benzene rings is 13. The van der Waals surface area contributed by atoms with Gasteiger partial charge in [-0.05, 0) is 109 Å². The molecule has 8 heteroatoms. The summed E-state index contributed by atoms with van der Waals surface area (Å²) >= 11 is 0. The van der Waals surface area contributed by atoms with Crippen molar-refractivity contribution in [2.75, 3.05) is 0 Å². The third kappa shape index (κ3) is 7.01. The van der Waals surface area contributed by atoms with Crippen molar-refractivity contribution < 1.29 is 0 Å². The van der Waals surface area contributed by atoms with E-state index >= 15 is 0 Å². The number of hydrogen-bond donors (Lipinski definition) is 0. The number of fused-ring (bicyclic) bond motifs is 18. The first-order chi connectivity index (χ1) is 45.6. The quantitative estimate of drug-likeness (QED) is 0.160. The first kappa shape index (κ1) is 50.3. The third-order valence-corrected chi connectivity index (χ3v) is 19.5. The van der Waals surface area contributed by atoms with E-state index in [2.05, 4.69) is 319 Å². The van der Waals surface area contributed by atoms with Crippen LogP contribution in [0.1, 0.15) is 5.56 Å². The molecule has 0 spiro atoms. The van der Waals surface area contributed by atoms with Gasteiger partial charge in [-0.25, -0.2) is 4.98 Å². The summed E-state index contributed by atoms with van der Waals surface area (Å²) in [6.07, 6.45) is 2.06. The molecule has 8 nitrogen and oxygen atoms in total. The standard InChI is InChI=1S/C84H50N8/c85-50-52-19-1-2-20-57(52)70-49-84(92-81-47-55(89-75-33-15-7-25-62(75)63-26-8-16-34-76(63)89)39-43-68(81)69-44-40-56(48-82(69)92)90-77-35-17-9-27-64(77)65-28-10-18-36-78(65)90)86-51-83(70)91-79-45-53(87-71-29-11-3-21-58(71)59-22-4-12-30-72(59)87)37-41-66(79)67-42-38-54(46-80(67)91)88-73-31-13-5-23-60(73)61-24-6-14-32-74(61)88/h1-49,51H. The molecule has 0 unspecified atom stereocenters. The van der Waals surface area contributed by atoms with Crippen molar-refractivity contribution in [2.45, 2.75) is 0 Å². The maximum absolute atomic E-state index is 11.3. The van der Waals surface area contributed by atoms with Crippen LogP contribution in [0.15, 0.2) is 303 Å². The number of hydrogen-bond acceptors (Lipinski definition) is 2. The van der Waals surface area contributed by atoms with Gasteiger partial charge in [0.1, 0.15) is 5.82 Å². The fourth-order valence-electron chi connectivity index (χ4n) is 15.6. The van der Waals surface area contributed by atoms with E-state index in [0.717, 1.165) is 127 Å². The molecule has 0 radical (unpaired) electrons. The van der Waals surface area contributed by atoms with Gasteiger partial charge in [0, 0.05) is 98.5 Å². The molecule has 20 aromatic rings. The average molecular weight is 1170 g/mol. The maximum Gasteiger partial charge on any atom is 0.138 e. The Morgan fingerprint density at radius 3 is 0.793 bits per heavy atom. The Bertz CT molecular complexity index is 6050. The zero-order valence-corrected chi connectivity index (χ0v) is 49.4. The largest absolute Gasteiger partial charge is 0.309 e. The van der Waals surface area contributed by atoms with Crippen molar-refractivity contribution in [3.63, 3.8) is 0 Å². The highest BCUT2D eigenvalue weighted by molar-refractivity contribution is 6.17. The minimum atomic E-state index is 0.563. The van der Waals surface area contributed by atoms with Gasteiger partial charge in [0.05, 0.1) is 89.7 Å². The Labute approximate surface area is 526 Å². The Hall–Kier alpha value is -12.7. The SMILES string of the molecule is N#Cc1ccccc1-c1cc(-n2c3cc(-n4c5ccccc5c5ccccc54)ccc3c3ccc(-n4c5ccccc5c5ccccc54)cc32)ncc1-n1c2cc(-n3c4ccccc4c4ccccc43)ccc2c2ccc(-n3c4ccccc4c4ccccc43)cc21. The smallest absolute Gasteiger partial charge is 0.138 e. The average Bonchev–Trinajstić information content (AvgIpc) is 1.80. The van der Waals surface area contributed by atoms with Gasteiger partial charge in [-0.2, -0.15) is 5.26 Å². The topological polar surface area (TPSA) is 66.3 Å². The highest BCUT2D eigenvalue weighted by atomic mass is 15.1. The predicted octanol–water partition coefficient (Wildman–Crippen LogP) is 21.2. The van der Waals surface area contributed by atoms with Crippen LogP contribution in [0, 0.1) is 11.3 Å². The zero-order valence-electron chi connectivity index (χ0n) is 49.4. The van der Waals surface area contributed by atoms with E-state index in [1.165, 1.54) is 43.1 Å². The molecule has 7 aromatic heterocycles. The van der Waals surface area contributed by atoms with Crippen molar-refractivity contribution in [3.8, 4) is 51.5 Å². The summed E-state index contributed by atoms with van der Waals surface area (Å²) in [5.41, 5.74) is 20.3. The van der Waals surface area contributed by atoms with Crippen LogP contribution < -0.4 is 0 Å². The zero-order chi connectivity index (χ0) is 60.3. The third-order valence-electron chi connectivity index (χ3n) is 19.5. The van der Waals surface area contributed by atoms with Crippen molar-refractivity contribution in [1.82, 2.24) is 32.4 Å². The molecule has 0 aliphatic heterocycles. The van der Waals surface area contributed by atoms with Gasteiger partial charge >= 0.3 is 0 Å². The molecule has 13 aromatic carbocycles. The fraction of sp³-hybridized carbons (Fsp3) is 0. The van der Waals surface area contributed by atoms with Crippen LogP contribution >= 0.6 is 0 Å². The maximum atomic E-state index is 11.3. The van der Waals surface area contributed by atoms with Gasteiger partial charge in [-0.3, -0.25) is 4.57 Å². The molecule has 426 valence electrons. The number of nitrogens with zero attached hydrogens (tertiary/aromatic N) is 8. The van der Waals surface area contributed by atoms with Crippen LogP contribution in [0.2, 0.25) is 0 Å². The van der Waals surface area contributed by atoms with Crippen LogP contribution in [0.3, 0.4) is 0 Å². The lowest BCUT2D eigenvalue weighted by atomic mass is 9.99. The summed E-state index contributed by atoms with van der Waals surface area (Å²) in [6.45, 7) is 0. The summed E-state index contributed by atoms with van der Waals surface area (Å²) in [5.74, 6) is 0.716. The molecule has 0 bridgehead atoms. The van der Waals surface area contributed by atoms with E-state index in [1.54, 1.807) is 0 Å². The van der Waals surface area contributed by atoms with E-state index in [0.29, 0.717) is 11.4 Å². The molecule has 0 saturated heterocycles. The lowest BCUT2D eigenvalue weighted by molar-refractivity contribution is 1.05. The first-order valence-electron chi connectivity index (χ1n) is 31.2. The van der Waals surface area contributed by atoms with Gasteiger partial charge in [0.2, 0.25) is 0 Å². The van der Waals surface area contributed by atoms with Crippen LogP contribution in [0.5, 0.6) is 0 Å². The second-order valence-corrected chi connectivity index (χ2v) is 24.2. The van der Waals surface area contributed by atoms with Gasteiger partial charge in [-0.15, -0.1) is 0 Å². The summed E-state index contributed by atoms with van der Waals surface area (Å²) in [4.78, 5) is 5.76. The van der Waals surface area contributed by atoms with Gasteiger partial charge in [0.15, 0.2) is 0 Å². The molecular weight excluding hydrogens is 1120 g/mol. The number of rotatable bonds is 7. The van der Waals surface area contributed by atoms with E-state index in [9.17, 15) is 5.26 Å². The Morgan fingerprint density at radius 1 is 0.228 bits per heavy atom. The second kappa shape index (κ2) is 19.2. The molecule has 0 amide bonds. The predicted molar refractivity (Wildman–Crippen MR) is 380 cm³/mol. The van der Waals surface area contributed by atoms with E-state index in [1.807, 2.05) is 18.2 Å². The number of pyridine rings is 1. The molecule has 0 atom stereocenters. The molecule has 0 fully saturated rings. The Balaban J connectivity index is 0.899. The van der Waals surface area contributed by atoms with Crippen LogP contribution in [-0.4, -0.2) is 32.4 Å². The van der Waals surface area contributed by atoms with E-state index in [4.69, 9.17) is 4.98 Å². The van der Waals surface area contributed by atoms with Crippen molar-refractivity contribution in [1.29, 1.82) is 5.26 Å². The summed E-state index contributed by atoms with van der Waals surface area (Å²) in [6, 6.07) is 110. The molecule has 0 aliphatic rings. The number of aromatic nitrogens is 7. The van der Waals surface area contributed by atoms with Gasteiger partial charge < -0.3 is 22.8 Å². The summed E-state index contributed by atoms with van der Waals surface area (Å²) in [7, 11) is 0. The molecule has 7 heterocycles. The highest BCUT2D eigenvalue weighted by Crippen LogP contribution is 2.45. The second-order valence-electron chi connectivity index (χ2n) is 24.2. The monoisotopic (exact) mass is 1170 g/mol. The first-order valence-corrected chi connectivity index (χ1v) is 31.2. The van der Waals surface area contributed by atoms with E-state index in [-0.39, 0.29) is 0 Å². The molecule has 20 rings (SSSR count). The van der Waals surface area contributed by atoms with Crippen molar-refractivity contribution >= 4 is 131 Å². The molecule has 0 N–H and O–H groups in total. The highest BCUT2D eigenvalue weighted by Gasteiger charge is 2.25. The Kier molecular flexibility index (Phi) is 10.5. The lowest BCUT2D eigenvalue weighted by Gasteiger charge is -2.18. The minimum absolute atomic E-state index is 0.563. The Morgan fingerprint density at radius 2 is 0.489 bits per heavy atom. The van der Waals surface area contributed by atoms with E-state index < -0.39 is 0 Å². The lowest BCUT2D eigenvalue weighted by Crippen LogP contribution is -2.05. The molecule has 0 saturated carbocycles. The van der Waals surface area contributed by atoms with Crippen LogP contribution in [-0.2, 0) is 0 Å². The van der Waals surface area contributed by atoms with Crippen LogP contribution in [0.4, 0.5) is 0 Å². The summed E-state index contributed by atoms with van der Waals surface area (Å²) < 4.78 is 14.3. The van der Waals surface area contributed by atoms with Crippen LogP contribution in [0.25, 0.3) is 176 Å². The van der Waals surface area contributed by atoms with Gasteiger partial charge in [-0.1, -0.05) is 188 Å².